The van der Waals surface area contributed by atoms with Gasteiger partial charge in [-0.3, -0.25) is 9.48 Å². The average molecular weight is 199 g/mol. The summed E-state index contributed by atoms with van der Waals surface area (Å²) in [5, 5.41) is 6.42. The maximum absolute atomic E-state index is 12.5. The van der Waals surface area contributed by atoms with Gasteiger partial charge in [-0.2, -0.15) is 5.10 Å². The Labute approximate surface area is 82.1 Å². The minimum absolute atomic E-state index is 0.0428. The zero-order chi connectivity index (χ0) is 10.8. The quantitative estimate of drug-likeness (QED) is 0.770. The predicted octanol–water partition coefficient (Wildman–Crippen LogP) is 0.937. The molecule has 14 heavy (non-hydrogen) atoms. The van der Waals surface area contributed by atoms with Crippen molar-refractivity contribution in [1.82, 2.24) is 15.1 Å². The van der Waals surface area contributed by atoms with Crippen LogP contribution in [0.3, 0.4) is 0 Å². The van der Waals surface area contributed by atoms with Crippen molar-refractivity contribution in [3.63, 3.8) is 0 Å². The molecule has 0 atom stereocenters. The minimum atomic E-state index is -0.437. The SMILES string of the molecule is CC(C)(C)NC(=O)Cn1cc(F)cn1. The van der Waals surface area contributed by atoms with Gasteiger partial charge in [-0.05, 0) is 20.8 Å². The zero-order valence-electron chi connectivity index (χ0n) is 8.54. The van der Waals surface area contributed by atoms with Crippen LogP contribution in [0.2, 0.25) is 0 Å². The summed E-state index contributed by atoms with van der Waals surface area (Å²) in [5.41, 5.74) is -0.275. The van der Waals surface area contributed by atoms with Crippen molar-refractivity contribution in [3.05, 3.63) is 18.2 Å². The molecule has 0 aliphatic heterocycles. The Morgan fingerprint density at radius 1 is 1.64 bits per heavy atom. The van der Waals surface area contributed by atoms with Crippen molar-refractivity contribution in [3.8, 4) is 0 Å². The lowest BCUT2D eigenvalue weighted by Gasteiger charge is -2.20. The summed E-state index contributed by atoms with van der Waals surface area (Å²) >= 11 is 0. The highest BCUT2D eigenvalue weighted by atomic mass is 19.1. The number of hydrogen-bond donors (Lipinski definition) is 1. The molecule has 1 aromatic rings. The molecule has 0 saturated heterocycles. The lowest BCUT2D eigenvalue weighted by atomic mass is 10.1. The van der Waals surface area contributed by atoms with Crippen LogP contribution in [0.5, 0.6) is 0 Å². The van der Waals surface area contributed by atoms with Gasteiger partial charge in [-0.1, -0.05) is 0 Å². The molecule has 4 nitrogen and oxygen atoms in total. The fourth-order valence-corrected chi connectivity index (χ4v) is 1.03. The third kappa shape index (κ3) is 3.55. The third-order valence-electron chi connectivity index (χ3n) is 1.42. The lowest BCUT2D eigenvalue weighted by Crippen LogP contribution is -2.42. The molecule has 5 heteroatoms. The predicted molar refractivity (Wildman–Crippen MR) is 50.1 cm³/mol. The van der Waals surface area contributed by atoms with Crippen molar-refractivity contribution in [2.24, 2.45) is 0 Å². The van der Waals surface area contributed by atoms with Gasteiger partial charge in [-0.25, -0.2) is 4.39 Å². The van der Waals surface area contributed by atoms with Gasteiger partial charge < -0.3 is 5.32 Å². The lowest BCUT2D eigenvalue weighted by molar-refractivity contribution is -0.123. The molecule has 0 radical (unpaired) electrons. The number of carbonyl (C=O) groups excluding carboxylic acids is 1. The zero-order valence-corrected chi connectivity index (χ0v) is 8.54. The van der Waals surface area contributed by atoms with E-state index in [-0.39, 0.29) is 18.0 Å². The van der Waals surface area contributed by atoms with Crippen LogP contribution < -0.4 is 5.32 Å². The van der Waals surface area contributed by atoms with E-state index in [0.29, 0.717) is 0 Å². The monoisotopic (exact) mass is 199 g/mol. The van der Waals surface area contributed by atoms with Gasteiger partial charge in [0.25, 0.3) is 0 Å². The first kappa shape index (κ1) is 10.7. The fourth-order valence-electron chi connectivity index (χ4n) is 1.03. The molecule has 0 aliphatic carbocycles. The Morgan fingerprint density at radius 3 is 2.71 bits per heavy atom. The van der Waals surface area contributed by atoms with Crippen LogP contribution in [0.1, 0.15) is 20.8 Å². The number of nitrogens with one attached hydrogen (secondary N) is 1. The fraction of sp³-hybridized carbons (Fsp3) is 0.556. The molecule has 0 aliphatic rings. The van der Waals surface area contributed by atoms with Gasteiger partial charge in [-0.15, -0.1) is 0 Å². The van der Waals surface area contributed by atoms with Gasteiger partial charge in [0.2, 0.25) is 5.91 Å². The Bertz CT molecular complexity index is 327. The Morgan fingerprint density at radius 2 is 2.29 bits per heavy atom. The number of hydrogen-bond acceptors (Lipinski definition) is 2. The Kier molecular flexibility index (Phi) is 2.88. The van der Waals surface area contributed by atoms with Gasteiger partial charge in [0.15, 0.2) is 5.82 Å². The van der Waals surface area contributed by atoms with Gasteiger partial charge in [0.1, 0.15) is 6.54 Å². The van der Waals surface area contributed by atoms with Crippen LogP contribution in [0, 0.1) is 5.82 Å². The summed E-state index contributed by atoms with van der Waals surface area (Å²) in [6, 6.07) is 0. The highest BCUT2D eigenvalue weighted by molar-refractivity contribution is 5.76. The molecule has 1 amide bonds. The van der Waals surface area contributed by atoms with Crippen molar-refractivity contribution in [1.29, 1.82) is 0 Å². The second-order valence-corrected chi connectivity index (χ2v) is 4.15. The number of rotatable bonds is 2. The number of aromatic nitrogens is 2. The van der Waals surface area contributed by atoms with Crippen LogP contribution in [-0.2, 0) is 11.3 Å². The van der Waals surface area contributed by atoms with E-state index in [4.69, 9.17) is 0 Å². The first-order valence-corrected chi connectivity index (χ1v) is 4.36. The van der Waals surface area contributed by atoms with Crippen LogP contribution in [-0.4, -0.2) is 21.2 Å². The Hall–Kier alpha value is -1.39. The summed E-state index contributed by atoms with van der Waals surface area (Å²) in [6.45, 7) is 5.69. The van der Waals surface area contributed by atoms with Crippen LogP contribution >= 0.6 is 0 Å². The maximum atomic E-state index is 12.5. The largest absolute Gasteiger partial charge is 0.350 e. The van der Waals surface area contributed by atoms with Crippen LogP contribution in [0.25, 0.3) is 0 Å². The molecule has 1 rings (SSSR count). The second-order valence-electron chi connectivity index (χ2n) is 4.15. The Balaban J connectivity index is 2.50. The summed E-state index contributed by atoms with van der Waals surface area (Å²) in [7, 11) is 0. The summed E-state index contributed by atoms with van der Waals surface area (Å²) in [4.78, 5) is 11.3. The highest BCUT2D eigenvalue weighted by Gasteiger charge is 2.14. The van der Waals surface area contributed by atoms with E-state index in [2.05, 4.69) is 10.4 Å². The minimum Gasteiger partial charge on any atom is -0.350 e. The van der Waals surface area contributed by atoms with Gasteiger partial charge in [0.05, 0.1) is 12.4 Å². The summed E-state index contributed by atoms with van der Waals surface area (Å²) in [6.07, 6.45) is 2.26. The topological polar surface area (TPSA) is 46.9 Å². The average Bonchev–Trinajstić information content (AvgIpc) is 2.30. The van der Waals surface area contributed by atoms with E-state index in [9.17, 15) is 9.18 Å². The smallest absolute Gasteiger partial charge is 0.242 e. The first-order valence-electron chi connectivity index (χ1n) is 4.36. The van der Waals surface area contributed by atoms with E-state index >= 15 is 0 Å². The number of nitrogens with zero attached hydrogens (tertiary/aromatic N) is 2. The molecular formula is C9H14FN3O. The van der Waals surface area contributed by atoms with E-state index in [0.717, 1.165) is 6.20 Å². The molecule has 1 heterocycles. The van der Waals surface area contributed by atoms with Crippen molar-refractivity contribution in [2.75, 3.05) is 0 Å². The molecule has 0 fully saturated rings. The van der Waals surface area contributed by atoms with Crippen LogP contribution in [0.4, 0.5) is 4.39 Å². The molecule has 1 N–H and O–H groups in total. The normalized spacial score (nSPS) is 11.4. The van der Waals surface area contributed by atoms with Crippen molar-refractivity contribution in [2.45, 2.75) is 32.9 Å². The molecule has 0 spiro atoms. The number of halogens is 1. The molecule has 0 bridgehead atoms. The molecule has 0 unspecified atom stereocenters. The van der Waals surface area contributed by atoms with E-state index in [1.807, 2.05) is 20.8 Å². The molecular weight excluding hydrogens is 185 g/mol. The van der Waals surface area contributed by atoms with E-state index in [1.54, 1.807) is 0 Å². The second kappa shape index (κ2) is 3.77. The van der Waals surface area contributed by atoms with Gasteiger partial charge >= 0.3 is 0 Å². The number of amides is 1. The number of carbonyl (C=O) groups is 1. The van der Waals surface area contributed by atoms with Gasteiger partial charge in [0, 0.05) is 5.54 Å². The molecule has 0 aromatic carbocycles. The van der Waals surface area contributed by atoms with Crippen LogP contribution in [0.15, 0.2) is 12.4 Å². The van der Waals surface area contributed by atoms with E-state index < -0.39 is 5.82 Å². The third-order valence-corrected chi connectivity index (χ3v) is 1.42. The molecule has 78 valence electrons. The van der Waals surface area contributed by atoms with Crippen molar-refractivity contribution < 1.29 is 9.18 Å². The molecule has 0 saturated carbocycles. The molecule has 1 aromatic heterocycles. The standard InChI is InChI=1S/C9H14FN3O/c1-9(2,3)12-8(14)6-13-5-7(10)4-11-13/h4-5H,6H2,1-3H3,(H,12,14). The highest BCUT2D eigenvalue weighted by Crippen LogP contribution is 1.99. The first-order chi connectivity index (χ1) is 6.37. The summed E-state index contributed by atoms with van der Waals surface area (Å²) < 4.78 is 13.8. The maximum Gasteiger partial charge on any atom is 0.242 e. The van der Waals surface area contributed by atoms with Crippen molar-refractivity contribution >= 4 is 5.91 Å². The van der Waals surface area contributed by atoms with E-state index in [1.165, 1.54) is 10.9 Å². The summed E-state index contributed by atoms with van der Waals surface area (Å²) in [5.74, 6) is -0.617.